The molecule has 0 saturated carbocycles. The minimum Gasteiger partial charge on any atom is -0.444 e. The molecule has 1 unspecified atom stereocenters. The highest BCUT2D eigenvalue weighted by atomic mass is 19.1. The number of rotatable bonds is 4. The van der Waals surface area contributed by atoms with Gasteiger partial charge in [-0.15, -0.1) is 0 Å². The normalized spacial score (nSPS) is 13.5. The van der Waals surface area contributed by atoms with Crippen molar-refractivity contribution in [2.24, 2.45) is 0 Å². The van der Waals surface area contributed by atoms with E-state index in [4.69, 9.17) is 4.74 Å². The van der Waals surface area contributed by atoms with Crippen LogP contribution in [0.15, 0.2) is 30.6 Å². The van der Waals surface area contributed by atoms with Gasteiger partial charge in [-0.2, -0.15) is 5.26 Å². The second-order valence-corrected chi connectivity index (χ2v) is 7.43. The summed E-state index contributed by atoms with van der Waals surface area (Å²) >= 11 is 0. The van der Waals surface area contributed by atoms with E-state index >= 15 is 0 Å². The number of benzene rings is 1. The maximum absolute atomic E-state index is 14.6. The van der Waals surface area contributed by atoms with Gasteiger partial charge in [-0.3, -0.25) is 0 Å². The van der Waals surface area contributed by atoms with E-state index in [9.17, 15) is 14.4 Å². The Morgan fingerprint density at radius 1 is 1.42 bits per heavy atom. The number of amides is 1. The van der Waals surface area contributed by atoms with Crippen molar-refractivity contribution in [1.29, 1.82) is 5.26 Å². The molecule has 0 aliphatic carbocycles. The minimum atomic E-state index is -1.15. The first kappa shape index (κ1) is 19.5. The number of nitriles is 1. The van der Waals surface area contributed by atoms with Crippen molar-refractivity contribution in [1.82, 2.24) is 14.9 Å². The Bertz CT molecular complexity index is 854. The van der Waals surface area contributed by atoms with Gasteiger partial charge in [-0.1, -0.05) is 17.6 Å². The van der Waals surface area contributed by atoms with Crippen molar-refractivity contribution >= 4 is 19.4 Å². The number of halogens is 1. The summed E-state index contributed by atoms with van der Waals surface area (Å²) in [4.78, 5) is 16.3. The quantitative estimate of drug-likeness (QED) is 0.844. The summed E-state index contributed by atoms with van der Waals surface area (Å²) in [6.07, 6.45) is 2.43. The van der Waals surface area contributed by atoms with Crippen LogP contribution in [0.3, 0.4) is 0 Å². The molecule has 0 fully saturated rings. The summed E-state index contributed by atoms with van der Waals surface area (Å²) in [6.45, 7) is 7.06. The molecule has 1 aromatic heterocycles. The fourth-order valence-corrected chi connectivity index (χ4v) is 2.67. The van der Waals surface area contributed by atoms with E-state index in [1.807, 2.05) is 13.9 Å². The van der Waals surface area contributed by atoms with E-state index in [0.29, 0.717) is 5.56 Å². The number of nitrogens with one attached hydrogen (secondary N) is 1. The van der Waals surface area contributed by atoms with Crippen LogP contribution in [0.5, 0.6) is 0 Å². The van der Waals surface area contributed by atoms with E-state index in [1.54, 1.807) is 50.6 Å². The monoisotopic (exact) mass is 356 g/mol. The second-order valence-electron chi connectivity index (χ2n) is 7.43. The van der Waals surface area contributed by atoms with Gasteiger partial charge >= 0.3 is 6.09 Å². The van der Waals surface area contributed by atoms with Crippen LogP contribution >= 0.6 is 0 Å². The molecule has 0 saturated heterocycles. The van der Waals surface area contributed by atoms with E-state index in [2.05, 4.69) is 10.3 Å². The maximum atomic E-state index is 14.6. The van der Waals surface area contributed by atoms with E-state index in [0.717, 1.165) is 5.46 Å². The van der Waals surface area contributed by atoms with Gasteiger partial charge in [0.2, 0.25) is 5.82 Å². The van der Waals surface area contributed by atoms with Crippen molar-refractivity contribution in [2.45, 2.75) is 45.4 Å². The van der Waals surface area contributed by atoms with Crippen LogP contribution in [0.1, 0.15) is 39.1 Å². The average molecular weight is 356 g/mol. The first-order valence-corrected chi connectivity index (χ1v) is 8.23. The summed E-state index contributed by atoms with van der Waals surface area (Å²) in [7, 11) is 1.84. The molecule has 136 valence electrons. The molecule has 1 atom stereocenters. The third kappa shape index (κ3) is 4.63. The maximum Gasteiger partial charge on any atom is 0.408 e. The van der Waals surface area contributed by atoms with E-state index in [1.165, 1.54) is 12.3 Å². The van der Waals surface area contributed by atoms with Crippen LogP contribution in [-0.4, -0.2) is 29.1 Å². The van der Waals surface area contributed by atoms with E-state index < -0.39 is 23.1 Å². The smallest absolute Gasteiger partial charge is 0.408 e. The fourth-order valence-electron chi connectivity index (χ4n) is 2.67. The number of alkyl carbamates (subject to hydrolysis) is 1. The molecule has 26 heavy (non-hydrogen) atoms. The molecule has 8 heteroatoms. The number of aromatic nitrogens is 2. The standard InChI is InChI=1S/C18H22BFN4O2/c1-17(2,3)26-16(25)23-18(4,11-24-8-7-22-15(24)10-21)13-9-12(19)5-6-14(13)20/h5-9H,11,19H2,1-4H3,(H,23,25). The Balaban J connectivity index is 2.45. The molecule has 1 amide bonds. The van der Waals surface area contributed by atoms with Crippen LogP contribution in [0.25, 0.3) is 0 Å². The second kappa shape index (κ2) is 7.20. The van der Waals surface area contributed by atoms with Gasteiger partial charge in [-0.25, -0.2) is 14.2 Å². The Labute approximate surface area is 153 Å². The zero-order valence-corrected chi connectivity index (χ0v) is 15.6. The molecule has 1 N–H and O–H groups in total. The molecular formula is C18H22BFN4O2. The van der Waals surface area contributed by atoms with Gasteiger partial charge in [0, 0.05) is 18.0 Å². The van der Waals surface area contributed by atoms with Crippen LogP contribution in [-0.2, 0) is 16.8 Å². The van der Waals surface area contributed by atoms with Gasteiger partial charge < -0.3 is 14.6 Å². The summed E-state index contributed by atoms with van der Waals surface area (Å²) in [6, 6.07) is 6.67. The molecule has 0 aliphatic rings. The summed E-state index contributed by atoms with van der Waals surface area (Å²) in [5, 5.41) is 12.0. The van der Waals surface area contributed by atoms with Crippen molar-refractivity contribution in [3.63, 3.8) is 0 Å². The highest BCUT2D eigenvalue weighted by molar-refractivity contribution is 6.32. The predicted molar refractivity (Wildman–Crippen MR) is 98.2 cm³/mol. The van der Waals surface area contributed by atoms with Crippen molar-refractivity contribution in [2.75, 3.05) is 0 Å². The molecule has 1 aromatic carbocycles. The Kier molecular flexibility index (Phi) is 5.40. The highest BCUT2D eigenvalue weighted by Crippen LogP contribution is 2.26. The lowest BCUT2D eigenvalue weighted by atomic mass is 9.85. The van der Waals surface area contributed by atoms with Gasteiger partial charge in [-0.05, 0) is 33.8 Å². The number of carbonyl (C=O) groups is 1. The van der Waals surface area contributed by atoms with Crippen LogP contribution < -0.4 is 10.8 Å². The third-order valence-corrected chi connectivity index (χ3v) is 3.80. The lowest BCUT2D eigenvalue weighted by Crippen LogP contribution is -2.49. The topological polar surface area (TPSA) is 79.9 Å². The van der Waals surface area contributed by atoms with Crippen molar-refractivity contribution in [3.8, 4) is 6.07 Å². The van der Waals surface area contributed by atoms with Crippen molar-refractivity contribution in [3.05, 3.63) is 47.8 Å². The molecule has 6 nitrogen and oxygen atoms in total. The minimum absolute atomic E-state index is 0.121. The van der Waals surface area contributed by atoms with Crippen LogP contribution in [0.4, 0.5) is 9.18 Å². The third-order valence-electron chi connectivity index (χ3n) is 3.80. The number of carbonyl (C=O) groups excluding carboxylic acids is 1. The molecule has 1 heterocycles. The summed E-state index contributed by atoms with van der Waals surface area (Å²) in [5.41, 5.74) is -0.682. The number of hydrogen-bond acceptors (Lipinski definition) is 4. The summed E-state index contributed by atoms with van der Waals surface area (Å²) in [5.74, 6) is -0.275. The molecule has 0 bridgehead atoms. The zero-order chi connectivity index (χ0) is 19.5. The molecule has 2 rings (SSSR count). The van der Waals surface area contributed by atoms with Crippen molar-refractivity contribution < 1.29 is 13.9 Å². The van der Waals surface area contributed by atoms with Gasteiger partial charge in [0.25, 0.3) is 0 Å². The first-order chi connectivity index (χ1) is 12.0. The molecule has 0 spiro atoms. The molecule has 2 aromatic rings. The van der Waals surface area contributed by atoms with Gasteiger partial charge in [0.05, 0.1) is 12.1 Å². The van der Waals surface area contributed by atoms with E-state index in [-0.39, 0.29) is 12.4 Å². The number of nitrogens with zero attached hydrogens (tertiary/aromatic N) is 3. The van der Waals surface area contributed by atoms with Gasteiger partial charge in [0.15, 0.2) is 0 Å². The highest BCUT2D eigenvalue weighted by Gasteiger charge is 2.34. The zero-order valence-electron chi connectivity index (χ0n) is 15.6. The predicted octanol–water partition coefficient (Wildman–Crippen LogP) is 1.59. The largest absolute Gasteiger partial charge is 0.444 e. The molecule has 0 aliphatic heterocycles. The number of imidazole rings is 1. The SMILES string of the molecule is Bc1ccc(F)c(C(C)(Cn2ccnc2C#N)NC(=O)OC(C)(C)C)c1. The number of ether oxygens (including phenoxy) is 1. The lowest BCUT2D eigenvalue weighted by Gasteiger charge is -2.33. The number of hydrogen-bond donors (Lipinski definition) is 1. The molecular weight excluding hydrogens is 334 g/mol. The molecule has 0 radical (unpaired) electrons. The first-order valence-electron chi connectivity index (χ1n) is 8.23. The van der Waals surface area contributed by atoms with Gasteiger partial charge in [0.1, 0.15) is 25.3 Å². The Morgan fingerprint density at radius 3 is 2.73 bits per heavy atom. The van der Waals surface area contributed by atoms with Crippen LogP contribution in [0.2, 0.25) is 0 Å². The Hall–Kier alpha value is -2.82. The summed E-state index contributed by atoms with van der Waals surface area (Å²) < 4.78 is 21.5. The van der Waals surface area contributed by atoms with Crippen LogP contribution in [0, 0.1) is 17.1 Å². The lowest BCUT2D eigenvalue weighted by molar-refractivity contribution is 0.0448. The Morgan fingerprint density at radius 2 is 2.12 bits per heavy atom. The average Bonchev–Trinajstić information content (AvgIpc) is 2.94. The fraction of sp³-hybridized carbons (Fsp3) is 0.389.